The van der Waals surface area contributed by atoms with E-state index in [1.807, 2.05) is 13.8 Å². The Morgan fingerprint density at radius 1 is 1.38 bits per heavy atom. The molecule has 1 unspecified atom stereocenters. The molecule has 0 aliphatic rings. The summed E-state index contributed by atoms with van der Waals surface area (Å²) in [5.41, 5.74) is -0.272. The Balaban J connectivity index is 2.85. The summed E-state index contributed by atoms with van der Waals surface area (Å²) in [4.78, 5) is 0. The molecule has 0 bridgehead atoms. The zero-order valence-corrected chi connectivity index (χ0v) is 10.5. The smallest absolute Gasteiger partial charge is 0.127 e. The summed E-state index contributed by atoms with van der Waals surface area (Å²) < 4.78 is 13.6. The van der Waals surface area contributed by atoms with Crippen LogP contribution in [0.15, 0.2) is 18.2 Å². The average Bonchev–Trinajstić information content (AvgIpc) is 2.23. The summed E-state index contributed by atoms with van der Waals surface area (Å²) >= 11 is 5.68. The lowest BCUT2D eigenvalue weighted by atomic mass is 9.88. The highest BCUT2D eigenvalue weighted by atomic mass is 35.5. The normalized spacial score (nSPS) is 14.8. The van der Waals surface area contributed by atoms with Crippen molar-refractivity contribution in [3.63, 3.8) is 0 Å². The van der Waals surface area contributed by atoms with Crippen molar-refractivity contribution in [3.8, 4) is 0 Å². The molecule has 1 N–H and O–H groups in total. The molecule has 0 aliphatic carbocycles. The van der Waals surface area contributed by atoms with Gasteiger partial charge in [0.2, 0.25) is 0 Å². The summed E-state index contributed by atoms with van der Waals surface area (Å²) in [7, 11) is 0. The molecule has 1 nitrogen and oxygen atoms in total. The highest BCUT2D eigenvalue weighted by molar-refractivity contribution is 6.30. The topological polar surface area (TPSA) is 20.2 Å². The highest BCUT2D eigenvalue weighted by Gasteiger charge is 2.25. The number of benzene rings is 1. The van der Waals surface area contributed by atoms with E-state index < -0.39 is 5.60 Å². The molecule has 0 radical (unpaired) electrons. The zero-order valence-electron chi connectivity index (χ0n) is 9.76. The van der Waals surface area contributed by atoms with E-state index in [9.17, 15) is 9.50 Å². The molecule has 3 heteroatoms. The van der Waals surface area contributed by atoms with Crippen molar-refractivity contribution in [2.75, 3.05) is 0 Å². The predicted octanol–water partition coefficient (Wildman–Crippen LogP) is 3.96. The lowest BCUT2D eigenvalue weighted by molar-refractivity contribution is 0.0263. The molecule has 1 rings (SSSR count). The van der Waals surface area contributed by atoms with E-state index in [4.69, 9.17) is 11.6 Å². The van der Waals surface area contributed by atoms with Gasteiger partial charge in [0.1, 0.15) is 5.82 Å². The minimum absolute atomic E-state index is 0.338. The highest BCUT2D eigenvalue weighted by Crippen LogP contribution is 2.25. The standard InChI is InChI=1S/C13H18ClFO/c1-3-7-13(16,4-2)9-10-5-6-11(14)8-12(10)15/h5-6,8,16H,3-4,7,9H2,1-2H3. The summed E-state index contributed by atoms with van der Waals surface area (Å²) in [6.07, 6.45) is 2.55. The zero-order chi connectivity index (χ0) is 12.2. The van der Waals surface area contributed by atoms with Crippen LogP contribution in [0.3, 0.4) is 0 Å². The summed E-state index contributed by atoms with van der Waals surface area (Å²) in [5.74, 6) is -0.338. The van der Waals surface area contributed by atoms with Gasteiger partial charge in [-0.2, -0.15) is 0 Å². The first-order valence-corrected chi connectivity index (χ1v) is 6.05. The van der Waals surface area contributed by atoms with Gasteiger partial charge >= 0.3 is 0 Å². The molecule has 0 saturated heterocycles. The van der Waals surface area contributed by atoms with E-state index in [0.29, 0.717) is 29.8 Å². The van der Waals surface area contributed by atoms with Crippen LogP contribution in [0.2, 0.25) is 5.02 Å². The minimum Gasteiger partial charge on any atom is -0.390 e. The molecule has 1 atom stereocenters. The third-order valence-corrected chi connectivity index (χ3v) is 3.14. The lowest BCUT2D eigenvalue weighted by Gasteiger charge is -2.26. The molecule has 0 aromatic heterocycles. The van der Waals surface area contributed by atoms with Gasteiger partial charge in [0.15, 0.2) is 0 Å². The fourth-order valence-electron chi connectivity index (χ4n) is 1.88. The second-order valence-corrected chi connectivity index (χ2v) is 4.68. The van der Waals surface area contributed by atoms with Crippen LogP contribution in [0.1, 0.15) is 38.7 Å². The van der Waals surface area contributed by atoms with Gasteiger partial charge < -0.3 is 5.11 Å². The maximum atomic E-state index is 13.6. The van der Waals surface area contributed by atoms with Gasteiger partial charge in [0.05, 0.1) is 5.60 Å². The maximum Gasteiger partial charge on any atom is 0.127 e. The molecule has 16 heavy (non-hydrogen) atoms. The van der Waals surface area contributed by atoms with Crippen molar-refractivity contribution in [1.29, 1.82) is 0 Å². The van der Waals surface area contributed by atoms with Gasteiger partial charge in [-0.15, -0.1) is 0 Å². The monoisotopic (exact) mass is 244 g/mol. The van der Waals surface area contributed by atoms with Crippen LogP contribution in [-0.2, 0) is 6.42 Å². The van der Waals surface area contributed by atoms with Crippen molar-refractivity contribution >= 4 is 11.6 Å². The quantitative estimate of drug-likeness (QED) is 0.831. The predicted molar refractivity (Wildman–Crippen MR) is 65.3 cm³/mol. The van der Waals surface area contributed by atoms with E-state index in [-0.39, 0.29) is 5.82 Å². The average molecular weight is 245 g/mol. The van der Waals surface area contributed by atoms with E-state index in [2.05, 4.69) is 0 Å². The van der Waals surface area contributed by atoms with Crippen molar-refractivity contribution in [2.24, 2.45) is 0 Å². The Labute approximate surface area is 101 Å². The number of hydrogen-bond acceptors (Lipinski definition) is 1. The van der Waals surface area contributed by atoms with Crippen LogP contribution in [0.25, 0.3) is 0 Å². The molecule has 1 aromatic rings. The Hall–Kier alpha value is -0.600. The van der Waals surface area contributed by atoms with Gasteiger partial charge in [0.25, 0.3) is 0 Å². The van der Waals surface area contributed by atoms with Crippen LogP contribution in [0, 0.1) is 5.82 Å². The van der Waals surface area contributed by atoms with Crippen LogP contribution < -0.4 is 0 Å². The molecule has 0 fully saturated rings. The molecular formula is C13H18ClFO. The maximum absolute atomic E-state index is 13.6. The largest absolute Gasteiger partial charge is 0.390 e. The van der Waals surface area contributed by atoms with Crippen LogP contribution in [0.5, 0.6) is 0 Å². The van der Waals surface area contributed by atoms with E-state index in [0.717, 1.165) is 6.42 Å². The lowest BCUT2D eigenvalue weighted by Crippen LogP contribution is -2.30. The van der Waals surface area contributed by atoms with Crippen molar-refractivity contribution in [2.45, 2.75) is 45.1 Å². The molecule has 1 aromatic carbocycles. The number of hydrogen-bond donors (Lipinski definition) is 1. The Bertz CT molecular complexity index is 354. The van der Waals surface area contributed by atoms with E-state index in [1.54, 1.807) is 12.1 Å². The van der Waals surface area contributed by atoms with Gasteiger partial charge in [-0.05, 0) is 30.5 Å². The fraction of sp³-hybridized carbons (Fsp3) is 0.538. The number of rotatable bonds is 5. The molecular weight excluding hydrogens is 227 g/mol. The Kier molecular flexibility index (Phi) is 4.75. The third-order valence-electron chi connectivity index (χ3n) is 2.91. The molecule has 90 valence electrons. The Morgan fingerprint density at radius 2 is 2.06 bits per heavy atom. The minimum atomic E-state index is -0.802. The number of halogens is 2. The molecule has 0 amide bonds. The van der Waals surface area contributed by atoms with Crippen LogP contribution in [0.4, 0.5) is 4.39 Å². The van der Waals surface area contributed by atoms with E-state index >= 15 is 0 Å². The first-order valence-electron chi connectivity index (χ1n) is 5.67. The van der Waals surface area contributed by atoms with Gasteiger partial charge in [-0.1, -0.05) is 37.9 Å². The van der Waals surface area contributed by atoms with Crippen LogP contribution in [-0.4, -0.2) is 10.7 Å². The molecule has 0 saturated carbocycles. The van der Waals surface area contributed by atoms with Gasteiger partial charge in [-0.3, -0.25) is 0 Å². The summed E-state index contributed by atoms with van der Waals surface area (Å²) in [5, 5.41) is 10.7. The van der Waals surface area contributed by atoms with Crippen molar-refractivity contribution < 1.29 is 9.50 Å². The van der Waals surface area contributed by atoms with Gasteiger partial charge in [0, 0.05) is 11.4 Å². The Morgan fingerprint density at radius 3 is 2.56 bits per heavy atom. The second kappa shape index (κ2) is 5.65. The SMILES string of the molecule is CCCC(O)(CC)Cc1ccc(Cl)cc1F. The first-order chi connectivity index (χ1) is 7.50. The third kappa shape index (κ3) is 3.46. The summed E-state index contributed by atoms with van der Waals surface area (Å²) in [6.45, 7) is 3.93. The van der Waals surface area contributed by atoms with Gasteiger partial charge in [-0.25, -0.2) is 4.39 Å². The molecule has 0 spiro atoms. The second-order valence-electron chi connectivity index (χ2n) is 4.24. The van der Waals surface area contributed by atoms with Crippen molar-refractivity contribution in [3.05, 3.63) is 34.6 Å². The molecule has 0 aliphatic heterocycles. The number of aliphatic hydroxyl groups is 1. The summed E-state index contributed by atoms with van der Waals surface area (Å²) in [6, 6.07) is 4.59. The first kappa shape index (κ1) is 13.5. The van der Waals surface area contributed by atoms with Crippen molar-refractivity contribution in [1.82, 2.24) is 0 Å². The fourth-order valence-corrected chi connectivity index (χ4v) is 2.03. The molecule has 0 heterocycles. The van der Waals surface area contributed by atoms with E-state index in [1.165, 1.54) is 6.07 Å². The van der Waals surface area contributed by atoms with Crippen LogP contribution >= 0.6 is 11.6 Å².